The van der Waals surface area contributed by atoms with E-state index in [4.69, 9.17) is 14.2 Å². The molecule has 0 fully saturated rings. The van der Waals surface area contributed by atoms with E-state index in [1.165, 1.54) is 89.9 Å². The minimum atomic E-state index is -0.820. The van der Waals surface area contributed by atoms with E-state index in [0.717, 1.165) is 83.5 Å². The van der Waals surface area contributed by atoms with Crippen LogP contribution in [0.3, 0.4) is 0 Å². The lowest BCUT2D eigenvalue weighted by molar-refractivity contribution is -0.167. The molecule has 0 rings (SSSR count). The Hall–Kier alpha value is -4.45. The summed E-state index contributed by atoms with van der Waals surface area (Å²) in [6, 6.07) is 0. The number of allylic oxidation sites excluding steroid dienone is 22. The van der Waals surface area contributed by atoms with Gasteiger partial charge in [-0.2, -0.15) is 0 Å². The number of ether oxygens (including phenoxy) is 3. The summed E-state index contributed by atoms with van der Waals surface area (Å²) in [7, 11) is 0. The molecule has 1 unspecified atom stereocenters. The molecule has 0 radical (unpaired) electrons. The van der Waals surface area contributed by atoms with Gasteiger partial charge in [0.25, 0.3) is 0 Å². The average Bonchev–Trinajstić information content (AvgIpc) is 3.34. The standard InChI is InChI=1S/C62H98O6/c1-4-7-10-13-16-19-22-25-27-29-31-33-35-37-40-43-46-49-52-55-61(64)67-58-59(57-66-60(63)54-51-48-45-42-39-24-21-18-15-12-9-6-3)68-62(65)56-53-50-47-44-41-38-36-34-32-30-28-26-23-20-17-14-11-8-5-2/h7,9-10,12-13,16,18-19,21-22,25,27,29-33,35,37,39-40,42,59H,4-6,8,11,14-15,17,20,23-24,26,28,34,36,38,41,43-58H2,1-3H3/b10-7-,12-9-,16-13-,21-18-,22-19-,27-25-,31-29+,32-30-,35-33-,40-37-,42-39-. The molecular formula is C62H98O6. The Kier molecular flexibility index (Phi) is 51.5. The summed E-state index contributed by atoms with van der Waals surface area (Å²) in [4.78, 5) is 38.0. The number of rotatable bonds is 47. The quantitative estimate of drug-likeness (QED) is 0.0199. The van der Waals surface area contributed by atoms with Crippen molar-refractivity contribution in [3.63, 3.8) is 0 Å². The summed E-state index contributed by atoms with van der Waals surface area (Å²) in [5.74, 6) is -1.01. The molecule has 382 valence electrons. The highest BCUT2D eigenvalue weighted by Gasteiger charge is 2.19. The number of hydrogen-bond acceptors (Lipinski definition) is 6. The normalized spacial score (nSPS) is 13.2. The van der Waals surface area contributed by atoms with Gasteiger partial charge in [0.05, 0.1) is 0 Å². The Balaban J connectivity index is 4.52. The molecule has 0 aliphatic heterocycles. The second-order valence-corrected chi connectivity index (χ2v) is 17.6. The predicted molar refractivity (Wildman–Crippen MR) is 292 cm³/mol. The van der Waals surface area contributed by atoms with Gasteiger partial charge in [0.15, 0.2) is 6.10 Å². The minimum Gasteiger partial charge on any atom is -0.462 e. The molecule has 0 saturated carbocycles. The van der Waals surface area contributed by atoms with Crippen molar-refractivity contribution < 1.29 is 28.6 Å². The number of unbranched alkanes of at least 4 members (excludes halogenated alkanes) is 20. The van der Waals surface area contributed by atoms with Gasteiger partial charge in [0, 0.05) is 19.3 Å². The lowest BCUT2D eigenvalue weighted by atomic mass is 10.1. The van der Waals surface area contributed by atoms with E-state index >= 15 is 0 Å². The predicted octanol–water partition coefficient (Wildman–Crippen LogP) is 18.3. The van der Waals surface area contributed by atoms with E-state index in [1.54, 1.807) is 0 Å². The zero-order valence-corrected chi connectivity index (χ0v) is 43.6. The molecule has 6 nitrogen and oxygen atoms in total. The topological polar surface area (TPSA) is 78.9 Å². The Bertz CT molecular complexity index is 1500. The zero-order valence-electron chi connectivity index (χ0n) is 43.6. The summed E-state index contributed by atoms with van der Waals surface area (Å²) in [6.07, 6.45) is 77.3. The first kappa shape index (κ1) is 63.5. The fourth-order valence-electron chi connectivity index (χ4n) is 7.02. The third kappa shape index (κ3) is 52.5. The van der Waals surface area contributed by atoms with Crippen LogP contribution in [0.4, 0.5) is 0 Å². The van der Waals surface area contributed by atoms with Gasteiger partial charge < -0.3 is 14.2 Å². The van der Waals surface area contributed by atoms with Gasteiger partial charge in [0.1, 0.15) is 13.2 Å². The van der Waals surface area contributed by atoms with Gasteiger partial charge in [-0.1, -0.05) is 238 Å². The van der Waals surface area contributed by atoms with Crippen molar-refractivity contribution in [3.05, 3.63) is 134 Å². The number of esters is 3. The van der Waals surface area contributed by atoms with Crippen LogP contribution < -0.4 is 0 Å². The van der Waals surface area contributed by atoms with Crippen molar-refractivity contribution in [2.45, 2.75) is 226 Å². The highest BCUT2D eigenvalue weighted by atomic mass is 16.6. The van der Waals surface area contributed by atoms with Gasteiger partial charge in [-0.3, -0.25) is 14.4 Å². The maximum atomic E-state index is 12.8. The van der Waals surface area contributed by atoms with Crippen molar-refractivity contribution in [1.29, 1.82) is 0 Å². The first-order valence-corrected chi connectivity index (χ1v) is 27.3. The Labute approximate surface area is 417 Å². The zero-order chi connectivity index (χ0) is 49.3. The van der Waals surface area contributed by atoms with Crippen molar-refractivity contribution in [2.24, 2.45) is 0 Å². The molecule has 0 aromatic carbocycles. The third-order valence-corrected chi connectivity index (χ3v) is 11.1. The van der Waals surface area contributed by atoms with Crippen LogP contribution in [0.2, 0.25) is 0 Å². The Morgan fingerprint density at radius 1 is 0.324 bits per heavy atom. The number of carbonyl (C=O) groups excluding carboxylic acids is 3. The van der Waals surface area contributed by atoms with E-state index < -0.39 is 6.10 Å². The molecule has 0 spiro atoms. The Morgan fingerprint density at radius 3 is 1.13 bits per heavy atom. The summed E-state index contributed by atoms with van der Waals surface area (Å²) < 4.78 is 16.7. The number of hydrogen-bond donors (Lipinski definition) is 0. The second kappa shape index (κ2) is 55.1. The van der Waals surface area contributed by atoms with Crippen LogP contribution >= 0.6 is 0 Å². The summed E-state index contributed by atoms with van der Waals surface area (Å²) in [5, 5.41) is 0. The van der Waals surface area contributed by atoms with Crippen LogP contribution in [0, 0.1) is 0 Å². The van der Waals surface area contributed by atoms with Gasteiger partial charge in [0.2, 0.25) is 0 Å². The van der Waals surface area contributed by atoms with Crippen molar-refractivity contribution in [1.82, 2.24) is 0 Å². The fourth-order valence-corrected chi connectivity index (χ4v) is 7.02. The maximum Gasteiger partial charge on any atom is 0.306 e. The largest absolute Gasteiger partial charge is 0.462 e. The van der Waals surface area contributed by atoms with E-state index in [9.17, 15) is 14.4 Å². The maximum absolute atomic E-state index is 12.8. The first-order valence-electron chi connectivity index (χ1n) is 27.3. The smallest absolute Gasteiger partial charge is 0.306 e. The molecule has 6 heteroatoms. The number of carbonyl (C=O) groups is 3. The van der Waals surface area contributed by atoms with Crippen LogP contribution in [-0.4, -0.2) is 37.2 Å². The van der Waals surface area contributed by atoms with Crippen LogP contribution in [-0.2, 0) is 28.6 Å². The van der Waals surface area contributed by atoms with Gasteiger partial charge in [-0.25, -0.2) is 0 Å². The second-order valence-electron chi connectivity index (χ2n) is 17.6. The fraction of sp³-hybridized carbons (Fsp3) is 0.597. The molecule has 68 heavy (non-hydrogen) atoms. The van der Waals surface area contributed by atoms with Crippen LogP contribution in [0.5, 0.6) is 0 Å². The van der Waals surface area contributed by atoms with Gasteiger partial charge in [-0.15, -0.1) is 0 Å². The van der Waals surface area contributed by atoms with Crippen molar-refractivity contribution in [2.75, 3.05) is 13.2 Å². The molecule has 0 heterocycles. The van der Waals surface area contributed by atoms with Crippen LogP contribution in [0.25, 0.3) is 0 Å². The molecule has 0 amide bonds. The molecule has 0 N–H and O–H groups in total. The molecular weight excluding hydrogens is 841 g/mol. The monoisotopic (exact) mass is 939 g/mol. The van der Waals surface area contributed by atoms with E-state index in [-0.39, 0.29) is 31.1 Å². The minimum absolute atomic E-state index is 0.119. The van der Waals surface area contributed by atoms with Crippen molar-refractivity contribution >= 4 is 17.9 Å². The van der Waals surface area contributed by atoms with Crippen molar-refractivity contribution in [3.8, 4) is 0 Å². The van der Waals surface area contributed by atoms with Gasteiger partial charge >= 0.3 is 17.9 Å². The summed E-state index contributed by atoms with van der Waals surface area (Å²) in [6.45, 7) is 6.29. The molecule has 0 saturated heterocycles. The third-order valence-electron chi connectivity index (χ3n) is 11.1. The molecule has 0 aromatic heterocycles. The molecule has 0 aliphatic carbocycles. The van der Waals surface area contributed by atoms with Crippen LogP contribution in [0.1, 0.15) is 220 Å². The molecule has 0 bridgehead atoms. The lowest BCUT2D eigenvalue weighted by Gasteiger charge is -2.18. The van der Waals surface area contributed by atoms with E-state index in [1.807, 2.05) is 72.9 Å². The van der Waals surface area contributed by atoms with E-state index in [2.05, 4.69) is 81.5 Å². The molecule has 1 atom stereocenters. The first-order chi connectivity index (χ1) is 33.5. The Morgan fingerprint density at radius 2 is 0.647 bits per heavy atom. The average molecular weight is 939 g/mol. The summed E-state index contributed by atoms with van der Waals surface area (Å²) in [5.41, 5.74) is 0. The molecule has 0 aliphatic rings. The highest BCUT2D eigenvalue weighted by Crippen LogP contribution is 2.14. The SMILES string of the molecule is CC\C=C/C=C\C=C/C=C\C=C\C=C/C=C\CCCCCC(=O)OCC(COC(=O)CCCC/C=C\C/C=C\C/C=C\CC)OC(=O)CCCCCCCCC/C=C\CCCCCCCCCC. The van der Waals surface area contributed by atoms with Gasteiger partial charge in [-0.05, 0) is 96.3 Å². The lowest BCUT2D eigenvalue weighted by Crippen LogP contribution is -2.30. The summed E-state index contributed by atoms with van der Waals surface area (Å²) >= 11 is 0. The van der Waals surface area contributed by atoms with Crippen LogP contribution in [0.15, 0.2) is 134 Å². The molecule has 0 aromatic rings. The van der Waals surface area contributed by atoms with E-state index in [0.29, 0.717) is 25.7 Å². The highest BCUT2D eigenvalue weighted by molar-refractivity contribution is 5.71.